The van der Waals surface area contributed by atoms with E-state index in [2.05, 4.69) is 37.5 Å². The fraction of sp³-hybridized carbons (Fsp3) is 0.304. The van der Waals surface area contributed by atoms with E-state index >= 15 is 0 Å². The summed E-state index contributed by atoms with van der Waals surface area (Å²) in [4.78, 5) is 24.4. The average molecular weight is 392 g/mol. The second-order valence-corrected chi connectivity index (χ2v) is 7.81. The zero-order chi connectivity index (χ0) is 20.7. The second-order valence-electron chi connectivity index (χ2n) is 7.81. The summed E-state index contributed by atoms with van der Waals surface area (Å²) in [6.07, 6.45) is 1.32. The van der Waals surface area contributed by atoms with Gasteiger partial charge in [0.25, 0.3) is 5.91 Å². The Hall–Kier alpha value is -3.28. The molecule has 4 rings (SSSR count). The van der Waals surface area contributed by atoms with E-state index in [1.165, 1.54) is 11.1 Å². The van der Waals surface area contributed by atoms with Crippen LogP contribution in [-0.4, -0.2) is 17.9 Å². The number of aryl methyl sites for hydroxylation is 1. The minimum absolute atomic E-state index is 0.157. The monoisotopic (exact) mass is 392 g/mol. The molecule has 0 radical (unpaired) electrons. The number of hydrogen-bond acceptors (Lipinski definition) is 4. The first kappa shape index (κ1) is 19.1. The summed E-state index contributed by atoms with van der Waals surface area (Å²) < 4.78 is 11.2. The van der Waals surface area contributed by atoms with Gasteiger partial charge in [0.2, 0.25) is 5.91 Å². The molecule has 2 amide bonds. The predicted molar refractivity (Wildman–Crippen MR) is 113 cm³/mol. The quantitative estimate of drug-likeness (QED) is 0.670. The molecule has 0 fully saturated rings. The van der Waals surface area contributed by atoms with Crippen molar-refractivity contribution in [3.05, 3.63) is 53.3 Å². The molecule has 0 saturated carbocycles. The predicted octanol–water partition coefficient (Wildman–Crippen LogP) is 4.77. The summed E-state index contributed by atoms with van der Waals surface area (Å²) in [5.41, 5.74) is 5.22. The first-order valence-corrected chi connectivity index (χ1v) is 9.74. The van der Waals surface area contributed by atoms with Crippen LogP contribution in [0.2, 0.25) is 0 Å². The van der Waals surface area contributed by atoms with Crippen molar-refractivity contribution in [3.63, 3.8) is 0 Å². The van der Waals surface area contributed by atoms with Gasteiger partial charge < -0.3 is 19.8 Å². The highest BCUT2D eigenvalue weighted by molar-refractivity contribution is 6.00. The number of furan rings is 1. The van der Waals surface area contributed by atoms with Gasteiger partial charge in [-0.25, -0.2) is 0 Å². The number of ether oxygens (including phenoxy) is 1. The summed E-state index contributed by atoms with van der Waals surface area (Å²) in [5, 5.41) is 6.63. The van der Waals surface area contributed by atoms with E-state index in [4.69, 9.17) is 9.15 Å². The maximum absolute atomic E-state index is 12.6. The van der Waals surface area contributed by atoms with Crippen molar-refractivity contribution in [3.8, 4) is 5.75 Å². The number of carbonyl (C=O) groups excluding carboxylic acids is 2. The van der Waals surface area contributed by atoms with Crippen molar-refractivity contribution in [1.29, 1.82) is 0 Å². The SMILES string of the molecule is Cc1cc2occ(CC(=O)Nc3ccc4c(c3)NC(=O)[C@H](C)O4)c2cc1C(C)C. The zero-order valence-electron chi connectivity index (χ0n) is 17.0. The number of fused-ring (bicyclic) bond motifs is 2. The first-order valence-electron chi connectivity index (χ1n) is 9.74. The molecular weight excluding hydrogens is 368 g/mol. The van der Waals surface area contributed by atoms with Crippen molar-refractivity contribution in [2.45, 2.75) is 46.1 Å². The standard InChI is InChI=1S/C23H24N2O4/c1-12(2)17-10-18-15(11-28-21(18)7-13(17)3)8-22(26)24-16-5-6-20-19(9-16)25-23(27)14(4)29-20/h5-7,9-12,14H,8H2,1-4H3,(H,24,26)(H,25,27)/t14-/m0/s1. The summed E-state index contributed by atoms with van der Waals surface area (Å²) in [6.45, 7) is 8.07. The van der Waals surface area contributed by atoms with Crippen molar-refractivity contribution in [1.82, 2.24) is 0 Å². The Balaban J connectivity index is 1.53. The molecule has 1 aliphatic rings. The Morgan fingerprint density at radius 1 is 1.24 bits per heavy atom. The van der Waals surface area contributed by atoms with E-state index in [-0.39, 0.29) is 18.2 Å². The fourth-order valence-electron chi connectivity index (χ4n) is 3.67. The molecule has 0 unspecified atom stereocenters. The van der Waals surface area contributed by atoms with E-state index in [1.54, 1.807) is 31.4 Å². The Labute approximate surface area is 169 Å². The minimum Gasteiger partial charge on any atom is -0.479 e. The van der Waals surface area contributed by atoms with Crippen LogP contribution in [0.1, 0.15) is 43.4 Å². The molecular formula is C23H24N2O4. The largest absolute Gasteiger partial charge is 0.479 e. The molecule has 6 heteroatoms. The van der Waals surface area contributed by atoms with Crippen LogP contribution in [0.4, 0.5) is 11.4 Å². The lowest BCUT2D eigenvalue weighted by Gasteiger charge is -2.23. The molecule has 0 bridgehead atoms. The summed E-state index contributed by atoms with van der Waals surface area (Å²) in [6, 6.07) is 9.35. The van der Waals surface area contributed by atoms with Crippen molar-refractivity contribution in [2.24, 2.45) is 0 Å². The van der Waals surface area contributed by atoms with Crippen molar-refractivity contribution in [2.75, 3.05) is 10.6 Å². The number of carbonyl (C=O) groups is 2. The van der Waals surface area contributed by atoms with E-state index in [1.807, 2.05) is 6.07 Å². The van der Waals surface area contributed by atoms with Crippen molar-refractivity contribution < 1.29 is 18.7 Å². The third-order valence-electron chi connectivity index (χ3n) is 5.21. The van der Waals surface area contributed by atoms with Crippen LogP contribution in [0.25, 0.3) is 11.0 Å². The topological polar surface area (TPSA) is 80.6 Å². The van der Waals surface area contributed by atoms with Gasteiger partial charge in [-0.1, -0.05) is 13.8 Å². The molecule has 1 aromatic heterocycles. The molecule has 29 heavy (non-hydrogen) atoms. The third-order valence-corrected chi connectivity index (χ3v) is 5.21. The molecule has 1 atom stereocenters. The van der Waals surface area contributed by atoms with Gasteiger partial charge in [-0.15, -0.1) is 0 Å². The minimum atomic E-state index is -0.531. The van der Waals surface area contributed by atoms with Crippen LogP contribution in [0.3, 0.4) is 0 Å². The number of hydrogen-bond donors (Lipinski definition) is 2. The van der Waals surface area contributed by atoms with Crippen LogP contribution < -0.4 is 15.4 Å². The van der Waals surface area contributed by atoms with Gasteiger partial charge in [-0.05, 0) is 61.2 Å². The maximum Gasteiger partial charge on any atom is 0.265 e. The Morgan fingerprint density at radius 3 is 2.79 bits per heavy atom. The maximum atomic E-state index is 12.6. The van der Waals surface area contributed by atoms with Gasteiger partial charge in [0.15, 0.2) is 6.10 Å². The van der Waals surface area contributed by atoms with Gasteiger partial charge in [0.05, 0.1) is 18.4 Å². The van der Waals surface area contributed by atoms with Crippen LogP contribution in [0.15, 0.2) is 41.0 Å². The van der Waals surface area contributed by atoms with Crippen molar-refractivity contribution >= 4 is 34.2 Å². The molecule has 150 valence electrons. The molecule has 3 aromatic rings. The van der Waals surface area contributed by atoms with E-state index in [9.17, 15) is 9.59 Å². The average Bonchev–Trinajstić information content (AvgIpc) is 3.03. The Bertz CT molecular complexity index is 1110. The normalized spacial score (nSPS) is 15.8. The summed E-state index contributed by atoms with van der Waals surface area (Å²) in [5.74, 6) is 0.622. The molecule has 2 N–H and O–H groups in total. The highest BCUT2D eigenvalue weighted by atomic mass is 16.5. The van der Waals surface area contributed by atoms with E-state index in [0.29, 0.717) is 23.0 Å². The number of benzene rings is 2. The van der Waals surface area contributed by atoms with Crippen LogP contribution in [0, 0.1) is 6.92 Å². The van der Waals surface area contributed by atoms with Gasteiger partial charge >= 0.3 is 0 Å². The summed E-state index contributed by atoms with van der Waals surface area (Å²) >= 11 is 0. The molecule has 0 saturated heterocycles. The highest BCUT2D eigenvalue weighted by Gasteiger charge is 2.23. The van der Waals surface area contributed by atoms with Gasteiger partial charge in [0.1, 0.15) is 11.3 Å². The molecule has 2 aromatic carbocycles. The summed E-state index contributed by atoms with van der Waals surface area (Å²) in [7, 11) is 0. The van der Waals surface area contributed by atoms with Gasteiger partial charge in [0, 0.05) is 16.6 Å². The lowest BCUT2D eigenvalue weighted by molar-refractivity contribution is -0.122. The number of anilines is 2. The first-order chi connectivity index (χ1) is 13.8. The Morgan fingerprint density at radius 2 is 2.03 bits per heavy atom. The van der Waals surface area contributed by atoms with Gasteiger partial charge in [-0.3, -0.25) is 9.59 Å². The molecule has 6 nitrogen and oxygen atoms in total. The number of nitrogens with one attached hydrogen (secondary N) is 2. The zero-order valence-corrected chi connectivity index (χ0v) is 17.0. The molecule has 0 aliphatic carbocycles. The molecule has 1 aliphatic heterocycles. The highest BCUT2D eigenvalue weighted by Crippen LogP contribution is 2.33. The number of amides is 2. The van der Waals surface area contributed by atoms with E-state index < -0.39 is 6.10 Å². The van der Waals surface area contributed by atoms with Crippen LogP contribution >= 0.6 is 0 Å². The third kappa shape index (κ3) is 3.70. The van der Waals surface area contributed by atoms with Crippen LogP contribution in [0.5, 0.6) is 5.75 Å². The smallest absolute Gasteiger partial charge is 0.265 e. The number of rotatable bonds is 4. The Kier molecular flexibility index (Phi) is 4.78. The fourth-order valence-corrected chi connectivity index (χ4v) is 3.67. The molecule has 2 heterocycles. The lowest BCUT2D eigenvalue weighted by atomic mass is 9.95. The van der Waals surface area contributed by atoms with E-state index in [0.717, 1.165) is 16.5 Å². The lowest BCUT2D eigenvalue weighted by Crippen LogP contribution is -2.34. The van der Waals surface area contributed by atoms with Crippen LogP contribution in [-0.2, 0) is 16.0 Å². The molecule has 0 spiro atoms. The second kappa shape index (κ2) is 7.28. The van der Waals surface area contributed by atoms with Gasteiger partial charge in [-0.2, -0.15) is 0 Å².